The standard InChI is InChI=1S/C30H26Cl2N2O3S/c31-25-11-13-28(14-12-25)38(36,37)34(21-27-6-1-2-17-33-27)20-22-7-9-23(10-8-22)29(35)19-30(15-16-30)24-4-3-5-26(32)18-24/h1-14,17-18H,15-16,19-21H2. The minimum Gasteiger partial charge on any atom is -0.294 e. The predicted octanol–water partition coefficient (Wildman–Crippen LogP) is 7.08. The molecule has 3 aromatic carbocycles. The molecular formula is C30H26Cl2N2O3S. The highest BCUT2D eigenvalue weighted by Gasteiger charge is 2.45. The molecule has 0 atom stereocenters. The first kappa shape index (κ1) is 26.6. The summed E-state index contributed by atoms with van der Waals surface area (Å²) in [5.41, 5.74) is 2.97. The largest absolute Gasteiger partial charge is 0.294 e. The van der Waals surface area contributed by atoms with Crippen molar-refractivity contribution in [1.29, 1.82) is 0 Å². The Balaban J connectivity index is 1.34. The Morgan fingerprint density at radius 3 is 2.21 bits per heavy atom. The van der Waals surface area contributed by atoms with Crippen molar-refractivity contribution in [3.63, 3.8) is 0 Å². The number of pyridine rings is 1. The molecule has 0 unspecified atom stereocenters. The molecule has 0 bridgehead atoms. The van der Waals surface area contributed by atoms with Gasteiger partial charge in [-0.15, -0.1) is 0 Å². The van der Waals surface area contributed by atoms with Gasteiger partial charge in [0.1, 0.15) is 0 Å². The van der Waals surface area contributed by atoms with E-state index in [0.717, 1.165) is 24.0 Å². The number of hydrogen-bond acceptors (Lipinski definition) is 4. The molecule has 4 aromatic rings. The second kappa shape index (κ2) is 11.0. The van der Waals surface area contributed by atoms with Crippen molar-refractivity contribution in [2.75, 3.05) is 0 Å². The summed E-state index contributed by atoms with van der Waals surface area (Å²) >= 11 is 12.2. The maximum absolute atomic E-state index is 13.5. The van der Waals surface area contributed by atoms with Gasteiger partial charge < -0.3 is 0 Å². The molecule has 1 aliphatic rings. The van der Waals surface area contributed by atoms with E-state index in [2.05, 4.69) is 4.98 Å². The fourth-order valence-corrected chi connectivity index (χ4v) is 6.32. The molecule has 5 rings (SSSR count). The number of carbonyl (C=O) groups is 1. The van der Waals surface area contributed by atoms with Crippen molar-refractivity contribution >= 4 is 39.0 Å². The van der Waals surface area contributed by atoms with E-state index in [1.165, 1.54) is 16.4 Å². The summed E-state index contributed by atoms with van der Waals surface area (Å²) < 4.78 is 28.5. The number of sulfonamides is 1. The summed E-state index contributed by atoms with van der Waals surface area (Å²) in [6.45, 7) is 0.233. The predicted molar refractivity (Wildman–Crippen MR) is 150 cm³/mol. The first-order valence-electron chi connectivity index (χ1n) is 12.3. The lowest BCUT2D eigenvalue weighted by Crippen LogP contribution is -2.30. The highest BCUT2D eigenvalue weighted by atomic mass is 35.5. The van der Waals surface area contributed by atoms with Crippen LogP contribution in [-0.4, -0.2) is 23.5 Å². The number of benzene rings is 3. The summed E-state index contributed by atoms with van der Waals surface area (Å²) in [4.78, 5) is 17.6. The van der Waals surface area contributed by atoms with Crippen molar-refractivity contribution in [1.82, 2.24) is 9.29 Å². The van der Waals surface area contributed by atoms with Crippen molar-refractivity contribution < 1.29 is 13.2 Å². The van der Waals surface area contributed by atoms with E-state index in [9.17, 15) is 13.2 Å². The monoisotopic (exact) mass is 564 g/mol. The van der Waals surface area contributed by atoms with Crippen molar-refractivity contribution in [2.24, 2.45) is 0 Å². The van der Waals surface area contributed by atoms with Gasteiger partial charge in [0.25, 0.3) is 0 Å². The fourth-order valence-electron chi connectivity index (χ4n) is 4.60. The van der Waals surface area contributed by atoms with E-state index in [0.29, 0.717) is 27.7 Å². The van der Waals surface area contributed by atoms with Gasteiger partial charge in [0.15, 0.2) is 5.78 Å². The molecule has 0 amide bonds. The number of hydrogen-bond donors (Lipinski definition) is 0. The lowest BCUT2D eigenvalue weighted by molar-refractivity contribution is 0.0970. The molecule has 0 spiro atoms. The Bertz CT molecular complexity index is 1540. The van der Waals surface area contributed by atoms with E-state index in [4.69, 9.17) is 23.2 Å². The number of aromatic nitrogens is 1. The van der Waals surface area contributed by atoms with Crippen LogP contribution in [0.3, 0.4) is 0 Å². The number of nitrogens with zero attached hydrogens (tertiary/aromatic N) is 2. The number of rotatable bonds is 10. The molecule has 1 aromatic heterocycles. The Morgan fingerprint density at radius 2 is 1.58 bits per heavy atom. The van der Waals surface area contributed by atoms with Crippen LogP contribution in [0.2, 0.25) is 10.0 Å². The minimum atomic E-state index is -3.83. The summed E-state index contributed by atoms with van der Waals surface area (Å²) in [6.07, 6.45) is 3.98. The van der Waals surface area contributed by atoms with Crippen LogP contribution in [-0.2, 0) is 28.5 Å². The van der Waals surface area contributed by atoms with Gasteiger partial charge in [-0.2, -0.15) is 4.31 Å². The highest BCUT2D eigenvalue weighted by molar-refractivity contribution is 7.89. The van der Waals surface area contributed by atoms with Crippen molar-refractivity contribution in [3.05, 3.63) is 130 Å². The lowest BCUT2D eigenvalue weighted by Gasteiger charge is -2.22. The molecule has 5 nitrogen and oxygen atoms in total. The molecule has 8 heteroatoms. The van der Waals surface area contributed by atoms with Gasteiger partial charge in [-0.1, -0.05) is 65.7 Å². The van der Waals surface area contributed by atoms with Gasteiger partial charge >= 0.3 is 0 Å². The zero-order valence-electron chi connectivity index (χ0n) is 20.6. The first-order chi connectivity index (χ1) is 18.2. The van der Waals surface area contributed by atoms with Gasteiger partial charge in [-0.3, -0.25) is 9.78 Å². The van der Waals surface area contributed by atoms with E-state index in [1.807, 2.05) is 42.5 Å². The second-order valence-corrected chi connectivity index (χ2v) is 12.4. The van der Waals surface area contributed by atoms with Gasteiger partial charge in [0.2, 0.25) is 10.0 Å². The molecule has 38 heavy (non-hydrogen) atoms. The Hall–Kier alpha value is -3.03. The molecule has 0 radical (unpaired) electrons. The van der Waals surface area contributed by atoms with Crippen LogP contribution in [0.25, 0.3) is 0 Å². The van der Waals surface area contributed by atoms with Crippen LogP contribution in [0.4, 0.5) is 0 Å². The number of halogens is 2. The summed E-state index contributed by atoms with van der Waals surface area (Å²) in [5.74, 6) is 0.0631. The molecular weight excluding hydrogens is 539 g/mol. The number of carbonyl (C=O) groups excluding carboxylic acids is 1. The van der Waals surface area contributed by atoms with Gasteiger partial charge in [-0.25, -0.2) is 8.42 Å². The SMILES string of the molecule is O=C(CC1(c2cccc(Cl)c2)CC1)c1ccc(CN(Cc2ccccn2)S(=O)(=O)c2ccc(Cl)cc2)cc1. The van der Waals surface area contributed by atoms with Crippen LogP contribution in [0.1, 0.15) is 46.4 Å². The molecule has 0 saturated heterocycles. The first-order valence-corrected chi connectivity index (χ1v) is 14.5. The highest BCUT2D eigenvalue weighted by Crippen LogP contribution is 2.52. The second-order valence-electron chi connectivity index (χ2n) is 9.64. The van der Waals surface area contributed by atoms with E-state index < -0.39 is 10.0 Å². The third kappa shape index (κ3) is 6.00. The fraction of sp³-hybridized carbons (Fsp3) is 0.200. The lowest BCUT2D eigenvalue weighted by atomic mass is 9.88. The molecule has 1 fully saturated rings. The smallest absolute Gasteiger partial charge is 0.243 e. The zero-order chi connectivity index (χ0) is 26.8. The van der Waals surface area contributed by atoms with Gasteiger partial charge in [-0.05, 0) is 72.5 Å². The van der Waals surface area contributed by atoms with E-state index >= 15 is 0 Å². The maximum Gasteiger partial charge on any atom is 0.243 e. The van der Waals surface area contributed by atoms with Crippen LogP contribution in [0, 0.1) is 0 Å². The third-order valence-corrected chi connectivity index (χ3v) is 9.23. The molecule has 194 valence electrons. The quantitative estimate of drug-likeness (QED) is 0.193. The van der Waals surface area contributed by atoms with Crippen LogP contribution in [0.15, 0.2) is 102 Å². The molecule has 1 saturated carbocycles. The molecule has 0 N–H and O–H groups in total. The molecule has 1 aliphatic carbocycles. The molecule has 1 heterocycles. The van der Waals surface area contributed by atoms with Crippen molar-refractivity contribution in [2.45, 2.75) is 42.7 Å². The van der Waals surface area contributed by atoms with E-state index in [-0.39, 0.29) is 29.2 Å². The van der Waals surface area contributed by atoms with E-state index in [1.54, 1.807) is 42.6 Å². The average molecular weight is 566 g/mol. The average Bonchev–Trinajstić information content (AvgIpc) is 3.70. The topological polar surface area (TPSA) is 67.3 Å². The number of ketones is 1. The summed E-state index contributed by atoms with van der Waals surface area (Å²) in [6, 6.07) is 26.4. The normalized spacial score (nSPS) is 14.4. The Kier molecular flexibility index (Phi) is 7.68. The molecule has 0 aliphatic heterocycles. The van der Waals surface area contributed by atoms with Crippen molar-refractivity contribution in [3.8, 4) is 0 Å². The van der Waals surface area contributed by atoms with Gasteiger partial charge in [0.05, 0.1) is 17.1 Å². The zero-order valence-corrected chi connectivity index (χ0v) is 22.9. The maximum atomic E-state index is 13.5. The van der Waals surface area contributed by atoms with Crippen LogP contribution >= 0.6 is 23.2 Å². The number of Topliss-reactive ketones (excluding diaryl/α,β-unsaturated/α-hetero) is 1. The summed E-state index contributed by atoms with van der Waals surface area (Å²) in [5, 5.41) is 1.14. The van der Waals surface area contributed by atoms with Gasteiger partial charge in [0, 0.05) is 40.2 Å². The van der Waals surface area contributed by atoms with Crippen LogP contribution < -0.4 is 0 Å². The Morgan fingerprint density at radius 1 is 0.842 bits per heavy atom. The summed E-state index contributed by atoms with van der Waals surface area (Å²) in [7, 11) is -3.83. The third-order valence-electron chi connectivity index (χ3n) is 6.94. The Labute approximate surface area is 233 Å². The van der Waals surface area contributed by atoms with Crippen LogP contribution in [0.5, 0.6) is 0 Å². The minimum absolute atomic E-state index is 0.0631.